The minimum atomic E-state index is -0.0451. The number of amides is 1. The number of halogens is 1. The van der Waals surface area contributed by atoms with Crippen molar-refractivity contribution in [1.29, 1.82) is 0 Å². The molecule has 1 amide bonds. The zero-order valence-corrected chi connectivity index (χ0v) is 8.04. The summed E-state index contributed by atoms with van der Waals surface area (Å²) in [5, 5.41) is 3.99. The molecule has 0 unspecified atom stereocenters. The number of carbonyl (C=O) groups is 1. The largest absolute Gasteiger partial charge is 0.396 e. The monoisotopic (exact) mass is 202 g/mol. The molecule has 72 valence electrons. The molecule has 2 N–H and O–H groups in total. The summed E-state index contributed by atoms with van der Waals surface area (Å²) in [4.78, 5) is 13.1. The number of nitrogen functional groups attached to an aromatic ring is 1. The van der Waals surface area contributed by atoms with Crippen LogP contribution in [-0.2, 0) is 6.54 Å². The highest BCUT2D eigenvalue weighted by molar-refractivity contribution is 5.97. The van der Waals surface area contributed by atoms with E-state index in [9.17, 15) is 4.79 Å². The molecule has 0 aromatic carbocycles. The summed E-state index contributed by atoms with van der Waals surface area (Å²) in [6, 6.07) is 0. The van der Waals surface area contributed by atoms with Gasteiger partial charge in [0.05, 0.1) is 18.4 Å². The zero-order valence-electron chi connectivity index (χ0n) is 7.23. The maximum absolute atomic E-state index is 11.5. The number of carbonyl (C=O) groups excluding carboxylic acids is 1. The first-order valence-electron chi connectivity index (χ1n) is 3.77. The van der Waals surface area contributed by atoms with E-state index in [1.165, 1.54) is 6.20 Å². The van der Waals surface area contributed by atoms with E-state index in [2.05, 4.69) is 5.10 Å². The first-order valence-corrected chi connectivity index (χ1v) is 3.77. The molecule has 0 bridgehead atoms. The highest BCUT2D eigenvalue weighted by Crippen LogP contribution is 2.16. The summed E-state index contributed by atoms with van der Waals surface area (Å²) in [6.45, 7) is 1.43. The summed E-state index contributed by atoms with van der Waals surface area (Å²) in [5.74, 6) is -0.0451. The number of aromatic nitrogens is 2. The zero-order chi connectivity index (χ0) is 8.72. The Morgan fingerprint density at radius 3 is 2.92 bits per heavy atom. The van der Waals surface area contributed by atoms with E-state index in [4.69, 9.17) is 5.73 Å². The van der Waals surface area contributed by atoms with Gasteiger partial charge in [0.25, 0.3) is 5.91 Å². The van der Waals surface area contributed by atoms with Crippen molar-refractivity contribution in [2.75, 3.05) is 19.3 Å². The number of nitrogens with two attached hydrogens (primary N) is 1. The summed E-state index contributed by atoms with van der Waals surface area (Å²) in [5.41, 5.74) is 6.56. The van der Waals surface area contributed by atoms with Gasteiger partial charge in [-0.25, -0.2) is 0 Å². The standard InChI is InChI=1S/C7H10N4O.ClH/c1-10-2-3-11-6(7(10)12)5(8)4-9-11;/h4H,2-3,8H2,1H3;1H. The van der Waals surface area contributed by atoms with Gasteiger partial charge >= 0.3 is 0 Å². The van der Waals surface area contributed by atoms with Gasteiger partial charge in [-0.05, 0) is 0 Å². The van der Waals surface area contributed by atoms with Gasteiger partial charge < -0.3 is 10.6 Å². The lowest BCUT2D eigenvalue weighted by Crippen LogP contribution is -2.37. The molecule has 1 aliphatic heterocycles. The number of fused-ring (bicyclic) bond motifs is 1. The van der Waals surface area contributed by atoms with Gasteiger partial charge in [0.2, 0.25) is 0 Å². The predicted molar refractivity (Wildman–Crippen MR) is 50.8 cm³/mol. The molecule has 0 fully saturated rings. The van der Waals surface area contributed by atoms with E-state index in [0.717, 1.165) is 6.54 Å². The van der Waals surface area contributed by atoms with Crippen LogP contribution < -0.4 is 5.73 Å². The van der Waals surface area contributed by atoms with Crippen LogP contribution in [-0.4, -0.2) is 34.2 Å². The third-order valence-electron chi connectivity index (χ3n) is 2.06. The Morgan fingerprint density at radius 2 is 2.23 bits per heavy atom. The van der Waals surface area contributed by atoms with E-state index in [1.54, 1.807) is 16.6 Å². The van der Waals surface area contributed by atoms with Crippen molar-refractivity contribution in [3.05, 3.63) is 11.9 Å². The van der Waals surface area contributed by atoms with Gasteiger partial charge in [-0.15, -0.1) is 12.4 Å². The maximum atomic E-state index is 11.5. The summed E-state index contributed by atoms with van der Waals surface area (Å²) >= 11 is 0. The summed E-state index contributed by atoms with van der Waals surface area (Å²) in [6.07, 6.45) is 1.52. The van der Waals surface area contributed by atoms with Crippen LogP contribution in [0.4, 0.5) is 5.69 Å². The molecule has 0 radical (unpaired) electrons. The van der Waals surface area contributed by atoms with Crippen molar-refractivity contribution >= 4 is 24.0 Å². The molecule has 0 aliphatic carbocycles. The van der Waals surface area contributed by atoms with Crippen molar-refractivity contribution in [3.63, 3.8) is 0 Å². The fraction of sp³-hybridized carbons (Fsp3) is 0.429. The lowest BCUT2D eigenvalue weighted by Gasteiger charge is -2.23. The van der Waals surface area contributed by atoms with Gasteiger partial charge in [-0.1, -0.05) is 0 Å². The molecule has 13 heavy (non-hydrogen) atoms. The molecule has 6 heteroatoms. The van der Waals surface area contributed by atoms with Crippen molar-refractivity contribution in [3.8, 4) is 0 Å². The molecule has 0 atom stereocenters. The quantitative estimate of drug-likeness (QED) is 0.643. The molecule has 2 rings (SSSR count). The first kappa shape index (κ1) is 9.85. The Balaban J connectivity index is 0.000000845. The molecular weight excluding hydrogens is 192 g/mol. The third kappa shape index (κ3) is 1.35. The highest BCUT2D eigenvalue weighted by atomic mass is 35.5. The van der Waals surface area contributed by atoms with Crippen LogP contribution in [0.1, 0.15) is 10.5 Å². The van der Waals surface area contributed by atoms with E-state index in [1.807, 2.05) is 0 Å². The fourth-order valence-electron chi connectivity index (χ4n) is 1.33. The molecule has 0 saturated carbocycles. The molecule has 0 saturated heterocycles. The van der Waals surface area contributed by atoms with Crippen LogP contribution in [0.3, 0.4) is 0 Å². The van der Waals surface area contributed by atoms with Gasteiger partial charge in [0.1, 0.15) is 5.69 Å². The number of hydrogen-bond donors (Lipinski definition) is 1. The number of rotatable bonds is 0. The lowest BCUT2D eigenvalue weighted by molar-refractivity contribution is 0.0744. The van der Waals surface area contributed by atoms with Crippen LogP contribution in [0, 0.1) is 0 Å². The van der Waals surface area contributed by atoms with Crippen LogP contribution in [0.2, 0.25) is 0 Å². The average molecular weight is 203 g/mol. The smallest absolute Gasteiger partial charge is 0.274 e. The first-order chi connectivity index (χ1) is 5.70. The second-order valence-electron chi connectivity index (χ2n) is 2.90. The number of nitrogens with zero attached hydrogens (tertiary/aromatic N) is 3. The third-order valence-corrected chi connectivity index (χ3v) is 2.06. The van der Waals surface area contributed by atoms with Crippen LogP contribution >= 0.6 is 12.4 Å². The fourth-order valence-corrected chi connectivity index (χ4v) is 1.33. The van der Waals surface area contributed by atoms with Crippen molar-refractivity contribution in [2.45, 2.75) is 6.54 Å². The predicted octanol–water partition coefficient (Wildman–Crippen LogP) is -0.0273. The number of anilines is 1. The molecule has 2 heterocycles. The Labute approximate surface area is 81.9 Å². The minimum absolute atomic E-state index is 0. The molecular formula is C7H11ClN4O. The SMILES string of the molecule is CN1CCn2ncc(N)c2C1=O.Cl. The van der Waals surface area contributed by atoms with E-state index < -0.39 is 0 Å². The van der Waals surface area contributed by atoms with Crippen molar-refractivity contribution < 1.29 is 4.79 Å². The molecule has 0 spiro atoms. The van der Waals surface area contributed by atoms with Crippen LogP contribution in [0.5, 0.6) is 0 Å². The maximum Gasteiger partial charge on any atom is 0.274 e. The Bertz CT molecular complexity index is 335. The van der Waals surface area contributed by atoms with Crippen LogP contribution in [0.25, 0.3) is 0 Å². The Hall–Kier alpha value is -1.23. The van der Waals surface area contributed by atoms with E-state index in [-0.39, 0.29) is 18.3 Å². The molecule has 1 aliphatic rings. The van der Waals surface area contributed by atoms with Crippen LogP contribution in [0.15, 0.2) is 6.20 Å². The van der Waals surface area contributed by atoms with Gasteiger partial charge in [0, 0.05) is 13.6 Å². The minimum Gasteiger partial charge on any atom is -0.396 e. The summed E-state index contributed by atoms with van der Waals surface area (Å²) < 4.78 is 1.65. The normalized spacial score (nSPS) is 15.2. The van der Waals surface area contributed by atoms with Gasteiger partial charge in [-0.3, -0.25) is 9.48 Å². The van der Waals surface area contributed by atoms with Gasteiger partial charge in [-0.2, -0.15) is 5.10 Å². The number of hydrogen-bond acceptors (Lipinski definition) is 3. The van der Waals surface area contributed by atoms with Crippen molar-refractivity contribution in [2.24, 2.45) is 0 Å². The second-order valence-corrected chi connectivity index (χ2v) is 2.90. The van der Waals surface area contributed by atoms with E-state index >= 15 is 0 Å². The van der Waals surface area contributed by atoms with Gasteiger partial charge in [0.15, 0.2) is 0 Å². The topological polar surface area (TPSA) is 64.2 Å². The Morgan fingerprint density at radius 1 is 1.54 bits per heavy atom. The molecule has 1 aromatic heterocycles. The number of likely N-dealkylation sites (N-methyl/N-ethyl adjacent to an activating group) is 1. The second kappa shape index (κ2) is 3.26. The van der Waals surface area contributed by atoms with Crippen molar-refractivity contribution in [1.82, 2.24) is 14.7 Å². The van der Waals surface area contributed by atoms with E-state index in [0.29, 0.717) is 17.9 Å². The molecule has 5 nitrogen and oxygen atoms in total. The summed E-state index contributed by atoms with van der Waals surface area (Å²) in [7, 11) is 1.76. The lowest BCUT2D eigenvalue weighted by atomic mass is 10.3. The molecule has 1 aromatic rings. The highest BCUT2D eigenvalue weighted by Gasteiger charge is 2.24. The average Bonchev–Trinajstić information content (AvgIpc) is 2.41. The Kier molecular flexibility index (Phi) is 2.47.